The molecule has 0 aromatic heterocycles. The van der Waals surface area contributed by atoms with Crippen LogP contribution in [0.4, 0.5) is 0 Å². The molecule has 1 aliphatic rings. The van der Waals surface area contributed by atoms with Gasteiger partial charge in [0.2, 0.25) is 5.91 Å². The highest BCUT2D eigenvalue weighted by Gasteiger charge is 2.26. The Bertz CT molecular complexity index is 1100. The van der Waals surface area contributed by atoms with Crippen LogP contribution < -0.4 is 5.32 Å². The van der Waals surface area contributed by atoms with Crippen molar-refractivity contribution in [3.63, 3.8) is 0 Å². The number of carbonyl (C=O) groups excluding carboxylic acids is 1. The number of aliphatic hydroxyl groups excluding tert-OH is 1. The standard InChI is InChI=1S/C31H39ClN2O2/c1-6-13-29(28(20-21-35)33-27-18-11-16-26(32)17-12-19-27)34(31(36)8-3)30(23(4)5)22-25-15-10-9-14-24(25)7-2/h7,9-11,13-15,17-20,22-23,33,35H,2,6,8,12,16,21H2,1,3-5H3/b18-11?,26-17+,27-19?,28-20+,29-13+,30-22+. The molecule has 0 heterocycles. The van der Waals surface area contributed by atoms with E-state index in [9.17, 15) is 9.90 Å². The number of hydrogen-bond acceptors (Lipinski definition) is 3. The lowest BCUT2D eigenvalue weighted by Gasteiger charge is -2.32. The first-order chi connectivity index (χ1) is 17.4. The number of halogens is 1. The molecule has 0 saturated carbocycles. The number of amides is 1. The predicted octanol–water partition coefficient (Wildman–Crippen LogP) is 7.68. The topological polar surface area (TPSA) is 52.6 Å². The lowest BCUT2D eigenvalue weighted by Crippen LogP contribution is -2.34. The Morgan fingerprint density at radius 1 is 1.19 bits per heavy atom. The van der Waals surface area contributed by atoms with Gasteiger partial charge in [0.15, 0.2) is 0 Å². The molecule has 192 valence electrons. The Balaban J connectivity index is 2.65. The summed E-state index contributed by atoms with van der Waals surface area (Å²) >= 11 is 6.18. The van der Waals surface area contributed by atoms with E-state index < -0.39 is 0 Å². The van der Waals surface area contributed by atoms with Gasteiger partial charge in [0.25, 0.3) is 0 Å². The molecular formula is C31H39ClN2O2. The van der Waals surface area contributed by atoms with Crippen molar-refractivity contribution < 1.29 is 9.90 Å². The van der Waals surface area contributed by atoms with Crippen molar-refractivity contribution >= 4 is 29.7 Å². The van der Waals surface area contributed by atoms with Crippen molar-refractivity contribution in [3.8, 4) is 0 Å². The van der Waals surface area contributed by atoms with Crippen LogP contribution in [0.1, 0.15) is 64.5 Å². The van der Waals surface area contributed by atoms with Crippen LogP contribution >= 0.6 is 11.6 Å². The molecule has 0 atom stereocenters. The van der Waals surface area contributed by atoms with Gasteiger partial charge >= 0.3 is 0 Å². The van der Waals surface area contributed by atoms with Crippen molar-refractivity contribution in [2.75, 3.05) is 6.61 Å². The van der Waals surface area contributed by atoms with Gasteiger partial charge in [0.05, 0.1) is 18.0 Å². The van der Waals surface area contributed by atoms with Gasteiger partial charge in [-0.05, 0) is 48.1 Å². The van der Waals surface area contributed by atoms with E-state index >= 15 is 0 Å². The Morgan fingerprint density at radius 3 is 2.53 bits per heavy atom. The van der Waals surface area contributed by atoms with E-state index in [1.807, 2.05) is 74.6 Å². The number of rotatable bonds is 11. The molecule has 0 bridgehead atoms. The van der Waals surface area contributed by atoms with Crippen LogP contribution in [0.25, 0.3) is 12.2 Å². The molecular weight excluding hydrogens is 468 g/mol. The molecule has 1 aliphatic carbocycles. The van der Waals surface area contributed by atoms with Crippen LogP contribution in [-0.2, 0) is 4.79 Å². The largest absolute Gasteiger partial charge is 0.392 e. The van der Waals surface area contributed by atoms with Crippen LogP contribution in [0.5, 0.6) is 0 Å². The van der Waals surface area contributed by atoms with Crippen LogP contribution in [0.15, 0.2) is 95.1 Å². The Kier molecular flexibility index (Phi) is 12.2. The minimum Gasteiger partial charge on any atom is -0.392 e. The van der Waals surface area contributed by atoms with Crippen LogP contribution in [-0.4, -0.2) is 22.5 Å². The molecule has 0 saturated heterocycles. The fourth-order valence-corrected chi connectivity index (χ4v) is 4.07. The van der Waals surface area contributed by atoms with Crippen molar-refractivity contribution in [1.82, 2.24) is 10.2 Å². The molecule has 1 aromatic rings. The third kappa shape index (κ3) is 8.25. The highest BCUT2D eigenvalue weighted by Crippen LogP contribution is 2.29. The van der Waals surface area contributed by atoms with E-state index in [1.165, 1.54) is 0 Å². The van der Waals surface area contributed by atoms with Gasteiger partial charge in [-0.15, -0.1) is 0 Å². The zero-order valence-corrected chi connectivity index (χ0v) is 22.7. The summed E-state index contributed by atoms with van der Waals surface area (Å²) in [7, 11) is 0. The molecule has 0 unspecified atom stereocenters. The highest BCUT2D eigenvalue weighted by atomic mass is 35.5. The monoisotopic (exact) mass is 506 g/mol. The van der Waals surface area contributed by atoms with Crippen molar-refractivity contribution in [1.29, 1.82) is 0 Å². The molecule has 2 rings (SSSR count). The van der Waals surface area contributed by atoms with E-state index in [1.54, 1.807) is 11.0 Å². The molecule has 0 fully saturated rings. The van der Waals surface area contributed by atoms with E-state index in [0.717, 1.165) is 39.7 Å². The van der Waals surface area contributed by atoms with Gasteiger partial charge in [0, 0.05) is 29.3 Å². The summed E-state index contributed by atoms with van der Waals surface area (Å²) in [6.45, 7) is 11.9. The van der Waals surface area contributed by atoms with Gasteiger partial charge < -0.3 is 10.4 Å². The minimum absolute atomic E-state index is 0.0201. The molecule has 0 radical (unpaired) electrons. The smallest absolute Gasteiger partial charge is 0.231 e. The second kappa shape index (κ2) is 15.1. The molecule has 5 heteroatoms. The fraction of sp³-hybridized carbons (Fsp3) is 0.323. The molecule has 36 heavy (non-hydrogen) atoms. The first-order valence-electron chi connectivity index (χ1n) is 12.6. The summed E-state index contributed by atoms with van der Waals surface area (Å²) in [6.07, 6.45) is 18.0. The maximum Gasteiger partial charge on any atom is 0.231 e. The number of benzene rings is 1. The normalized spacial score (nSPS) is 16.6. The lowest BCUT2D eigenvalue weighted by molar-refractivity contribution is -0.127. The van der Waals surface area contributed by atoms with E-state index in [4.69, 9.17) is 11.6 Å². The summed E-state index contributed by atoms with van der Waals surface area (Å²) in [5.41, 5.74) is 5.15. The van der Waals surface area contributed by atoms with E-state index in [2.05, 4.69) is 31.8 Å². The number of allylic oxidation sites excluding steroid dienone is 7. The molecule has 4 nitrogen and oxygen atoms in total. The van der Waals surface area contributed by atoms with Gasteiger partial charge in [-0.1, -0.05) is 101 Å². The predicted molar refractivity (Wildman–Crippen MR) is 154 cm³/mol. The molecule has 2 N–H and O–H groups in total. The molecule has 0 aliphatic heterocycles. The van der Waals surface area contributed by atoms with Crippen LogP contribution in [0.2, 0.25) is 0 Å². The average Bonchev–Trinajstić information content (AvgIpc) is 2.85. The summed E-state index contributed by atoms with van der Waals surface area (Å²) in [6, 6.07) is 8.00. The summed E-state index contributed by atoms with van der Waals surface area (Å²) in [5.74, 6) is 0.0371. The van der Waals surface area contributed by atoms with Gasteiger partial charge in [0.1, 0.15) is 0 Å². The summed E-state index contributed by atoms with van der Waals surface area (Å²) in [5, 5.41) is 14.2. The quantitative estimate of drug-likeness (QED) is 0.302. The van der Waals surface area contributed by atoms with E-state index in [0.29, 0.717) is 25.0 Å². The van der Waals surface area contributed by atoms with Crippen LogP contribution in [0.3, 0.4) is 0 Å². The van der Waals surface area contributed by atoms with Gasteiger partial charge in [-0.3, -0.25) is 9.69 Å². The second-order valence-corrected chi connectivity index (χ2v) is 9.20. The summed E-state index contributed by atoms with van der Waals surface area (Å²) in [4.78, 5) is 15.3. The Hall–Kier alpha value is -3.08. The third-order valence-electron chi connectivity index (χ3n) is 5.70. The zero-order valence-electron chi connectivity index (χ0n) is 21.9. The first kappa shape index (κ1) is 29.2. The number of nitrogens with zero attached hydrogens (tertiary/aromatic N) is 1. The average molecular weight is 507 g/mol. The molecule has 0 spiro atoms. The Morgan fingerprint density at radius 2 is 1.92 bits per heavy atom. The van der Waals surface area contributed by atoms with Gasteiger partial charge in [-0.25, -0.2) is 0 Å². The maximum absolute atomic E-state index is 13.5. The number of hydrogen-bond donors (Lipinski definition) is 2. The lowest BCUT2D eigenvalue weighted by atomic mass is 10.00. The van der Waals surface area contributed by atoms with Crippen LogP contribution in [0, 0.1) is 5.92 Å². The van der Waals surface area contributed by atoms with Gasteiger partial charge in [-0.2, -0.15) is 0 Å². The molecule has 1 amide bonds. The number of nitrogens with one attached hydrogen (secondary N) is 1. The summed E-state index contributed by atoms with van der Waals surface area (Å²) < 4.78 is 0. The zero-order chi connectivity index (χ0) is 26.5. The minimum atomic E-state index is -0.166. The second-order valence-electron chi connectivity index (χ2n) is 8.72. The SMILES string of the molecule is C=Cc1ccccc1/C=C(\C(C)C)N(C(=O)CC)C(=C/CC)/C(=C\CO)NC1=CC/C=C(/Cl)CC=C1. The number of carbonyl (C=O) groups is 1. The highest BCUT2D eigenvalue weighted by molar-refractivity contribution is 6.29. The van der Waals surface area contributed by atoms with Crippen molar-refractivity contribution in [3.05, 3.63) is 106 Å². The van der Waals surface area contributed by atoms with Crippen molar-refractivity contribution in [2.24, 2.45) is 5.92 Å². The number of aliphatic hydroxyl groups is 1. The molecule has 1 aromatic carbocycles. The fourth-order valence-electron chi connectivity index (χ4n) is 3.89. The van der Waals surface area contributed by atoms with Crippen molar-refractivity contribution in [2.45, 2.75) is 53.4 Å². The third-order valence-corrected chi connectivity index (χ3v) is 6.01. The van der Waals surface area contributed by atoms with E-state index in [-0.39, 0.29) is 18.4 Å². The first-order valence-corrected chi connectivity index (χ1v) is 13.0. The maximum atomic E-state index is 13.5. The Labute approximate surface area is 221 Å².